The summed E-state index contributed by atoms with van der Waals surface area (Å²) in [7, 11) is 0. The van der Waals surface area contributed by atoms with Crippen LogP contribution < -0.4 is 0 Å². The van der Waals surface area contributed by atoms with Crippen LogP contribution in [0.1, 0.15) is 12.5 Å². The molecule has 0 aliphatic heterocycles. The van der Waals surface area contributed by atoms with Crippen molar-refractivity contribution >= 4 is 37.6 Å². The van der Waals surface area contributed by atoms with Crippen LogP contribution in [0.2, 0.25) is 0 Å². The van der Waals surface area contributed by atoms with Gasteiger partial charge in [-0.25, -0.2) is 0 Å². The molecule has 0 spiro atoms. The molecule has 0 bridgehead atoms. The van der Waals surface area contributed by atoms with Gasteiger partial charge in [-0.15, -0.1) is 0 Å². The van der Waals surface area contributed by atoms with Crippen LogP contribution in [0, 0.1) is 0 Å². The maximum atomic E-state index is 9.58. The van der Waals surface area contributed by atoms with Crippen LogP contribution in [0.25, 0.3) is 0 Å². The molecule has 1 rings (SSSR count). The molecule has 4 nitrogen and oxygen atoms in total. The monoisotopic (exact) mass is 323 g/mol. The minimum Gasteiger partial charge on any atom is -0.506 e. The Labute approximate surface area is 97.1 Å². The van der Waals surface area contributed by atoms with Gasteiger partial charge in [-0.2, -0.15) is 0 Å². The van der Waals surface area contributed by atoms with Gasteiger partial charge in [0.05, 0.1) is 10.2 Å². The number of rotatable bonds is 1. The average molecular weight is 325 g/mol. The number of hydrogen-bond donors (Lipinski definition) is 3. The summed E-state index contributed by atoms with van der Waals surface area (Å²) in [6.07, 6.45) is 0. The predicted octanol–water partition coefficient (Wildman–Crippen LogP) is 2.82. The Morgan fingerprint density at radius 3 is 2.36 bits per heavy atom. The van der Waals surface area contributed by atoms with Gasteiger partial charge < -0.3 is 15.4 Å². The third-order valence-corrected chi connectivity index (χ3v) is 3.06. The van der Waals surface area contributed by atoms with Gasteiger partial charge in [-0.1, -0.05) is 5.16 Å². The van der Waals surface area contributed by atoms with Crippen molar-refractivity contribution in [3.63, 3.8) is 0 Å². The van der Waals surface area contributed by atoms with Crippen molar-refractivity contribution in [1.29, 1.82) is 0 Å². The molecular weight excluding hydrogens is 318 g/mol. The van der Waals surface area contributed by atoms with Crippen LogP contribution in [0.4, 0.5) is 0 Å². The summed E-state index contributed by atoms with van der Waals surface area (Å²) >= 11 is 6.11. The molecule has 0 aliphatic rings. The number of benzene rings is 1. The Bertz CT molecular complexity index is 404. The molecule has 0 amide bonds. The number of nitrogens with zero attached hydrogens (tertiary/aromatic N) is 1. The third kappa shape index (κ3) is 1.85. The van der Waals surface area contributed by atoms with Crippen molar-refractivity contribution in [1.82, 2.24) is 0 Å². The lowest BCUT2D eigenvalue weighted by Crippen LogP contribution is -1.96. The van der Waals surface area contributed by atoms with E-state index in [1.165, 1.54) is 13.0 Å². The van der Waals surface area contributed by atoms with Crippen LogP contribution in [0.3, 0.4) is 0 Å². The summed E-state index contributed by atoms with van der Waals surface area (Å²) in [4.78, 5) is 0. The molecule has 1 aromatic carbocycles. The van der Waals surface area contributed by atoms with Crippen molar-refractivity contribution in [3.05, 3.63) is 20.6 Å². The normalized spacial score (nSPS) is 11.8. The van der Waals surface area contributed by atoms with E-state index in [-0.39, 0.29) is 21.7 Å². The first-order chi connectivity index (χ1) is 6.49. The van der Waals surface area contributed by atoms with Crippen molar-refractivity contribution in [2.45, 2.75) is 6.92 Å². The van der Waals surface area contributed by atoms with E-state index < -0.39 is 0 Å². The Hall–Kier alpha value is -0.750. The number of oxime groups is 1. The summed E-state index contributed by atoms with van der Waals surface area (Å²) in [5.41, 5.74) is 0.591. The molecular formula is C8H7Br2NO3. The van der Waals surface area contributed by atoms with E-state index in [0.717, 1.165) is 0 Å². The van der Waals surface area contributed by atoms with Crippen LogP contribution in [-0.4, -0.2) is 21.1 Å². The minimum absolute atomic E-state index is 0.100. The molecule has 0 radical (unpaired) electrons. The number of aromatic hydroxyl groups is 2. The molecule has 0 aromatic heterocycles. The van der Waals surface area contributed by atoms with Gasteiger partial charge in [0.1, 0.15) is 16.0 Å². The second-order valence-corrected chi connectivity index (χ2v) is 4.25. The van der Waals surface area contributed by atoms with Gasteiger partial charge >= 0.3 is 0 Å². The molecule has 0 atom stereocenters. The molecule has 14 heavy (non-hydrogen) atoms. The minimum atomic E-state index is -0.166. The fourth-order valence-electron chi connectivity index (χ4n) is 0.928. The van der Waals surface area contributed by atoms with E-state index >= 15 is 0 Å². The van der Waals surface area contributed by atoms with Gasteiger partial charge in [-0.3, -0.25) is 0 Å². The van der Waals surface area contributed by atoms with Crippen molar-refractivity contribution in [2.75, 3.05) is 0 Å². The first-order valence-corrected chi connectivity index (χ1v) is 5.16. The summed E-state index contributed by atoms with van der Waals surface area (Å²) in [5.74, 6) is -0.266. The van der Waals surface area contributed by atoms with E-state index in [9.17, 15) is 10.2 Å². The highest BCUT2D eigenvalue weighted by molar-refractivity contribution is 9.11. The summed E-state index contributed by atoms with van der Waals surface area (Å²) in [5, 5.41) is 30.5. The highest BCUT2D eigenvalue weighted by atomic mass is 79.9. The topological polar surface area (TPSA) is 73.1 Å². The SMILES string of the molecule is C/C(=N\O)c1cc(Br)c(O)c(Br)c1O. The maximum Gasteiger partial charge on any atom is 0.147 e. The fraction of sp³-hybridized carbons (Fsp3) is 0.125. The number of phenols is 2. The van der Waals surface area contributed by atoms with E-state index in [4.69, 9.17) is 5.21 Å². The molecule has 76 valence electrons. The second kappa shape index (κ2) is 4.18. The van der Waals surface area contributed by atoms with Gasteiger partial charge in [0.25, 0.3) is 0 Å². The summed E-state index contributed by atoms with van der Waals surface area (Å²) in [6, 6.07) is 1.46. The molecule has 6 heteroatoms. The number of hydrogen-bond acceptors (Lipinski definition) is 4. The Balaban J connectivity index is 3.48. The Morgan fingerprint density at radius 1 is 1.29 bits per heavy atom. The first-order valence-electron chi connectivity index (χ1n) is 3.58. The Kier molecular flexibility index (Phi) is 3.38. The van der Waals surface area contributed by atoms with Gasteiger partial charge in [0.15, 0.2) is 0 Å². The summed E-state index contributed by atoms with van der Waals surface area (Å²) < 4.78 is 0.560. The third-order valence-electron chi connectivity index (χ3n) is 1.71. The van der Waals surface area contributed by atoms with E-state index in [0.29, 0.717) is 10.0 Å². The predicted molar refractivity (Wildman–Crippen MR) is 59.2 cm³/mol. The van der Waals surface area contributed by atoms with Gasteiger partial charge in [-0.05, 0) is 44.8 Å². The van der Waals surface area contributed by atoms with Gasteiger partial charge in [0, 0.05) is 5.56 Å². The van der Waals surface area contributed by atoms with Gasteiger partial charge in [0.2, 0.25) is 0 Å². The average Bonchev–Trinajstić information content (AvgIpc) is 2.19. The smallest absolute Gasteiger partial charge is 0.147 e. The molecule has 0 saturated carbocycles. The maximum absolute atomic E-state index is 9.58. The van der Waals surface area contributed by atoms with Crippen LogP contribution in [0.5, 0.6) is 11.5 Å². The lowest BCUT2D eigenvalue weighted by Gasteiger charge is -2.08. The second-order valence-electron chi connectivity index (χ2n) is 2.60. The molecule has 0 unspecified atom stereocenters. The molecule has 1 aromatic rings. The van der Waals surface area contributed by atoms with E-state index in [1.54, 1.807) is 0 Å². The highest BCUT2D eigenvalue weighted by Gasteiger charge is 2.15. The lowest BCUT2D eigenvalue weighted by atomic mass is 10.1. The molecule has 0 heterocycles. The zero-order valence-electron chi connectivity index (χ0n) is 7.12. The summed E-state index contributed by atoms with van der Waals surface area (Å²) in [6.45, 7) is 1.53. The standard InChI is InChI=1S/C8H7Br2NO3/c1-3(11-14)4-2-5(9)8(13)6(10)7(4)12/h2,12-14H,1H3/b11-3+. The molecule has 0 fully saturated rings. The molecule has 0 saturated heterocycles. The molecule has 3 N–H and O–H groups in total. The highest BCUT2D eigenvalue weighted by Crippen LogP contribution is 2.41. The van der Waals surface area contributed by atoms with Crippen molar-refractivity contribution in [3.8, 4) is 11.5 Å². The van der Waals surface area contributed by atoms with Crippen LogP contribution >= 0.6 is 31.9 Å². The van der Waals surface area contributed by atoms with Crippen molar-refractivity contribution in [2.24, 2.45) is 5.16 Å². The lowest BCUT2D eigenvalue weighted by molar-refractivity contribution is 0.318. The van der Waals surface area contributed by atoms with E-state index in [1.807, 2.05) is 0 Å². The first kappa shape index (κ1) is 11.3. The van der Waals surface area contributed by atoms with Crippen LogP contribution in [0.15, 0.2) is 20.2 Å². The largest absolute Gasteiger partial charge is 0.506 e. The Morgan fingerprint density at radius 2 is 1.86 bits per heavy atom. The zero-order chi connectivity index (χ0) is 10.9. The van der Waals surface area contributed by atoms with Crippen LogP contribution in [-0.2, 0) is 0 Å². The van der Waals surface area contributed by atoms with Crippen molar-refractivity contribution < 1.29 is 15.4 Å². The fourth-order valence-corrected chi connectivity index (χ4v) is 2.05. The zero-order valence-corrected chi connectivity index (χ0v) is 10.3. The van der Waals surface area contributed by atoms with E-state index in [2.05, 4.69) is 37.0 Å². The number of phenolic OH excluding ortho intramolecular Hbond substituents is 2. The quantitative estimate of drug-likeness (QED) is 0.422. The molecule has 0 aliphatic carbocycles. The number of halogens is 2.